The molecule has 14 bridgehead atoms. The Morgan fingerprint density at radius 3 is 0.313 bits per heavy atom. The fourth-order valence-corrected chi connectivity index (χ4v) is 17.8. The molecule has 0 aliphatic carbocycles. The zero-order valence-corrected chi connectivity index (χ0v) is 83.6. The molecule has 35 atom stereocenters. The van der Waals surface area contributed by atoms with Crippen molar-refractivity contribution >= 4 is 156 Å². The van der Waals surface area contributed by atoms with Crippen molar-refractivity contribution in [2.75, 3.05) is 46.2 Å². The summed E-state index contributed by atoms with van der Waals surface area (Å²) >= 11 is 0. The largest absolute Gasteiger partial charge is 0.455 e. The summed E-state index contributed by atoms with van der Waals surface area (Å²) in [6.07, 6.45) is -99.6. The predicted molar refractivity (Wildman–Crippen MR) is 435 cm³/mol. The summed E-state index contributed by atoms with van der Waals surface area (Å²) in [5.74, 6) is -22.6. The monoisotopic (exact) mass is 2280 g/mol. The smallest absolute Gasteiger partial charge is 0.397 e. The maximum atomic E-state index is 13.9. The van der Waals surface area contributed by atoms with Crippen molar-refractivity contribution in [1.29, 1.82) is 0 Å². The molecule has 21 aliphatic rings. The van der Waals surface area contributed by atoms with E-state index in [-0.39, 0.29) is 0 Å². The van der Waals surface area contributed by atoms with Gasteiger partial charge < -0.3 is 133 Å². The quantitative estimate of drug-likeness (QED) is 0.0176. The van der Waals surface area contributed by atoms with Gasteiger partial charge in [-0.15, -0.1) is 0 Å². The van der Waals surface area contributed by atoms with Gasteiger partial charge in [0.1, 0.15) is 85.5 Å². The third-order valence-corrected chi connectivity index (χ3v) is 23.1. The number of ether oxygens (including phenoxy) is 28. The van der Waals surface area contributed by atoms with Gasteiger partial charge in [0, 0.05) is 96.9 Å². The average molecular weight is 2280 g/mol. The maximum absolute atomic E-state index is 13.9. The highest BCUT2D eigenvalue weighted by molar-refractivity contribution is 7.82. The molecule has 21 rings (SSSR count). The van der Waals surface area contributed by atoms with Gasteiger partial charge in [-0.05, 0) is 0 Å². The predicted octanol–water partition coefficient (Wildman–Crippen LogP) is -8.45. The summed E-state index contributed by atoms with van der Waals surface area (Å²) in [7, 11) is -42.0. The van der Waals surface area contributed by atoms with E-state index in [4.69, 9.17) is 162 Å². The van der Waals surface area contributed by atoms with Crippen LogP contribution in [-0.4, -0.2) is 436 Å². The third-order valence-electron chi connectivity index (χ3n) is 20.1. The Balaban J connectivity index is 1.56. The molecule has 21 aliphatic heterocycles. The van der Waals surface area contributed by atoms with E-state index in [2.05, 4.69) is 0 Å². The Morgan fingerprint density at radius 2 is 0.238 bits per heavy atom. The van der Waals surface area contributed by atoms with Crippen LogP contribution < -0.4 is 0 Å². The SMILES string of the molecule is CC(=O)OC1C2OC(COS(=O)(=O)O)C(OC3OC(COS(=O)(=O)O)C(OC4OC(COS(=O)(=O)O)C(OC5OC(COS(=O)(=O)O)C(OC6OC(COS(=O)(=O)O)C(OC7OC(COS(=O)(=O)O)C(OC8OC(COS(=O)(=O)O)C(O2)C(OC(C)=O)C8OC(C)=O)C(OC(C)=O)C7OC(C)=O)C(OC(C)=O)C6OC(C)=O)C(OC(C)=O)C5OC(C)=O)C(OC(C)=O)C4OC(C)=O)C(OC(C)=O)C3OC(C)=O)C1OC(C)=O. The first-order valence-corrected chi connectivity index (χ1v) is 51.2. The molecule has 840 valence electrons. The van der Waals surface area contributed by atoms with Gasteiger partial charge in [-0.3, -0.25) is 99.0 Å². The molecule has 0 aromatic carbocycles. The molecule has 0 radical (unpaired) electrons. The fraction of sp³-hybridized carbons (Fsp3) is 0.800. The lowest BCUT2D eigenvalue weighted by Gasteiger charge is -2.52. The molecule has 0 aromatic heterocycles. The lowest BCUT2D eigenvalue weighted by atomic mass is 9.94. The summed E-state index contributed by atoms with van der Waals surface area (Å²) in [5, 5.41) is 0. The molecule has 0 amide bonds. The zero-order valence-electron chi connectivity index (χ0n) is 77.9. The number of carbonyl (C=O) groups excluding carboxylic acids is 14. The van der Waals surface area contributed by atoms with Gasteiger partial charge in [-0.2, -0.15) is 58.9 Å². The molecule has 21 heterocycles. The maximum Gasteiger partial charge on any atom is 0.397 e. The third kappa shape index (κ3) is 37.9. The van der Waals surface area contributed by atoms with Crippen molar-refractivity contribution in [3.8, 4) is 0 Å². The molecule has 0 spiro atoms. The van der Waals surface area contributed by atoms with E-state index in [1.807, 2.05) is 0 Å². The summed E-state index contributed by atoms with van der Waals surface area (Å²) in [6, 6.07) is 0. The van der Waals surface area contributed by atoms with Gasteiger partial charge in [-0.1, -0.05) is 0 Å². The van der Waals surface area contributed by atoms with Crippen molar-refractivity contribution in [3.05, 3.63) is 0 Å². The number of carbonyl (C=O) groups is 14. The summed E-state index contributed by atoms with van der Waals surface area (Å²) in [5.41, 5.74) is 0. The topological polar surface area (TPSA) is 943 Å². The minimum absolute atomic E-state index is 0.538. The second-order valence-corrected chi connectivity index (χ2v) is 39.2. The zero-order chi connectivity index (χ0) is 110. The minimum Gasteiger partial charge on any atom is -0.455 e. The van der Waals surface area contributed by atoms with Gasteiger partial charge >= 0.3 is 156 Å². The lowest BCUT2D eigenvalue weighted by molar-refractivity contribution is -0.396. The van der Waals surface area contributed by atoms with Crippen LogP contribution in [0.2, 0.25) is 0 Å². The van der Waals surface area contributed by atoms with Crippen LogP contribution >= 0.6 is 0 Å². The molecule has 35 unspecified atom stereocenters. The van der Waals surface area contributed by atoms with Crippen LogP contribution in [0.1, 0.15) is 96.9 Å². The van der Waals surface area contributed by atoms with Crippen LogP contribution in [0.4, 0.5) is 0 Å². The van der Waals surface area contributed by atoms with Gasteiger partial charge in [0.2, 0.25) is 0 Å². The molecular formula is C70H98O70S7. The van der Waals surface area contributed by atoms with Gasteiger partial charge in [0.15, 0.2) is 129 Å². The second kappa shape index (κ2) is 51.5. The highest BCUT2D eigenvalue weighted by Crippen LogP contribution is 2.46. The summed E-state index contributed by atoms with van der Waals surface area (Å²) < 4.78 is 452. The number of hydrogen-bond donors (Lipinski definition) is 7. The normalized spacial score (nSPS) is 34.7. The molecule has 147 heavy (non-hydrogen) atoms. The van der Waals surface area contributed by atoms with E-state index in [9.17, 15) is 158 Å². The van der Waals surface area contributed by atoms with Crippen LogP contribution in [0.25, 0.3) is 0 Å². The standard InChI is InChI=1S/C70H98O70S7/c1-22(71)113-50-43-36(15-106-141(85,86)87)127-64(57(50)120-29(8)78)135-44-37(16-107-142(88,89)90)129-66(59(122-31(10)80)51(44)114-23(2)72)137-46-39(18-109-144(94,95)96)131-68(61(124-33(12)82)53(46)116-25(4)74)139-48-41(20-111-146(100,101)102)133-70(63(126-35(14)84)55(48)118-27(6)76)140-49-42(21-112-147(103,104)105)132-69(62(125-34(13)83)56(49)119-28(7)77)138-47-40(19-110-145(97,98)99)130-67(60(123-32(11)81)54(47)117-26(5)75)136-45-38(17-108-143(91,92)93)128-65(134-43)58(121-30(9)79)52(45)115-24(3)73/h36-70H,15-21H2,1-14H3,(H,85,86,87)(H,88,89,90)(H,91,92,93)(H,94,95,96)(H,97,98,99)(H,100,101,102)(H,103,104,105). The lowest BCUT2D eigenvalue weighted by Crippen LogP contribution is -2.70. The first-order chi connectivity index (χ1) is 67.7. The number of esters is 14. The van der Waals surface area contributed by atoms with E-state index in [0.717, 1.165) is 0 Å². The minimum atomic E-state index is -5.99. The fourth-order valence-electron chi connectivity index (χ4n) is 15.7. The Morgan fingerprint density at radius 1 is 0.156 bits per heavy atom. The van der Waals surface area contributed by atoms with Gasteiger partial charge in [0.25, 0.3) is 0 Å². The molecule has 0 aromatic rings. The number of rotatable bonds is 35. The Labute approximate surface area is 830 Å². The molecular weight excluding hydrogens is 2190 g/mol. The first-order valence-electron chi connectivity index (χ1n) is 41.6. The molecule has 21 saturated heterocycles. The van der Waals surface area contributed by atoms with E-state index in [1.54, 1.807) is 0 Å². The van der Waals surface area contributed by atoms with E-state index in [1.165, 1.54) is 0 Å². The summed E-state index contributed by atoms with van der Waals surface area (Å²) in [6.45, 7) is -5.59. The van der Waals surface area contributed by atoms with Crippen LogP contribution in [0.5, 0.6) is 0 Å². The van der Waals surface area contributed by atoms with Crippen LogP contribution in [-0.2, 0) is 302 Å². The van der Waals surface area contributed by atoms with Crippen LogP contribution in [0.15, 0.2) is 0 Å². The van der Waals surface area contributed by atoms with Gasteiger partial charge in [0.05, 0.1) is 46.2 Å². The highest BCUT2D eigenvalue weighted by atomic mass is 32.3. The van der Waals surface area contributed by atoms with E-state index in [0.29, 0.717) is 96.9 Å². The van der Waals surface area contributed by atoms with E-state index >= 15 is 0 Å². The Kier molecular flexibility index (Phi) is 43.2. The Bertz CT molecular complexity index is 4640. The number of hydrogen-bond acceptors (Lipinski definition) is 63. The summed E-state index contributed by atoms with van der Waals surface area (Å²) in [4.78, 5) is 194. The van der Waals surface area contributed by atoms with E-state index < -0.39 is 418 Å². The molecule has 77 heteroatoms. The average Bonchev–Trinajstić information content (AvgIpc) is 0.835. The molecule has 70 nitrogen and oxygen atoms in total. The van der Waals surface area contributed by atoms with Crippen molar-refractivity contribution < 1.29 is 320 Å². The Hall–Kier alpha value is -8.89. The van der Waals surface area contributed by atoms with Crippen molar-refractivity contribution in [1.82, 2.24) is 0 Å². The second-order valence-electron chi connectivity index (χ2n) is 31.5. The van der Waals surface area contributed by atoms with Crippen molar-refractivity contribution in [2.45, 2.75) is 312 Å². The van der Waals surface area contributed by atoms with Crippen LogP contribution in [0.3, 0.4) is 0 Å². The molecule has 0 saturated carbocycles. The highest BCUT2D eigenvalue weighted by Gasteiger charge is 2.67. The molecule has 7 N–H and O–H groups in total. The van der Waals surface area contributed by atoms with Gasteiger partial charge in [-0.25, -0.2) is 29.3 Å². The van der Waals surface area contributed by atoms with Crippen LogP contribution in [0, 0.1) is 0 Å². The van der Waals surface area contributed by atoms with Crippen molar-refractivity contribution in [2.24, 2.45) is 0 Å². The molecule has 21 fully saturated rings. The first kappa shape index (κ1) is 123. The van der Waals surface area contributed by atoms with Crippen molar-refractivity contribution in [3.63, 3.8) is 0 Å².